The van der Waals surface area contributed by atoms with Crippen LogP contribution in [-0.2, 0) is 15.0 Å². The summed E-state index contributed by atoms with van der Waals surface area (Å²) in [5, 5.41) is 22.1. The smallest absolute Gasteiger partial charge is 0.300 e. The summed E-state index contributed by atoms with van der Waals surface area (Å²) in [5.74, 6) is -1.45. The molecule has 0 spiro atoms. The highest BCUT2D eigenvalue weighted by molar-refractivity contribution is 6.52. The van der Waals surface area contributed by atoms with Crippen LogP contribution in [0.25, 0.3) is 5.76 Å². The highest BCUT2D eigenvalue weighted by Gasteiger charge is 2.47. The van der Waals surface area contributed by atoms with Crippen LogP contribution < -0.4 is 9.64 Å². The Hall–Kier alpha value is -3.48. The molecule has 0 aliphatic carbocycles. The second-order valence-corrected chi connectivity index (χ2v) is 10.3. The van der Waals surface area contributed by atoms with Crippen molar-refractivity contribution in [1.29, 1.82) is 0 Å². The number of hydrogen-bond donors (Lipinski definition) is 2. The Labute approximate surface area is 219 Å². The van der Waals surface area contributed by atoms with E-state index in [1.54, 1.807) is 43.5 Å². The summed E-state index contributed by atoms with van der Waals surface area (Å²) in [6.07, 6.45) is 0. The van der Waals surface area contributed by atoms with Crippen LogP contribution in [0.2, 0.25) is 10.0 Å². The molecule has 0 radical (unpaired) electrons. The Kier molecular flexibility index (Phi) is 6.78. The van der Waals surface area contributed by atoms with Crippen LogP contribution in [0.3, 0.4) is 0 Å². The molecule has 8 heteroatoms. The molecule has 1 aliphatic heterocycles. The Morgan fingerprint density at radius 1 is 0.972 bits per heavy atom. The van der Waals surface area contributed by atoms with E-state index in [0.717, 1.165) is 5.56 Å². The van der Waals surface area contributed by atoms with Crippen LogP contribution in [0.4, 0.5) is 5.69 Å². The number of ether oxygens (including phenoxy) is 1. The molecule has 0 bridgehead atoms. The number of nitrogens with zero attached hydrogens (tertiary/aromatic N) is 1. The van der Waals surface area contributed by atoms with Gasteiger partial charge in [0.05, 0.1) is 28.8 Å². The molecule has 4 rings (SSSR count). The molecular weight excluding hydrogens is 501 g/mol. The largest absolute Gasteiger partial charge is 0.508 e. The third-order valence-electron chi connectivity index (χ3n) is 6.09. The van der Waals surface area contributed by atoms with Crippen LogP contribution >= 0.6 is 23.2 Å². The summed E-state index contributed by atoms with van der Waals surface area (Å²) in [5.41, 5.74) is 1.51. The maximum atomic E-state index is 13.4. The summed E-state index contributed by atoms with van der Waals surface area (Å²) in [6.45, 7) is 6.01. The van der Waals surface area contributed by atoms with Crippen molar-refractivity contribution >= 4 is 46.3 Å². The van der Waals surface area contributed by atoms with Gasteiger partial charge in [0.25, 0.3) is 11.7 Å². The van der Waals surface area contributed by atoms with Crippen molar-refractivity contribution in [3.63, 3.8) is 0 Å². The van der Waals surface area contributed by atoms with Crippen LogP contribution in [0.15, 0.2) is 66.2 Å². The number of aromatic hydroxyl groups is 1. The number of halogens is 2. The van der Waals surface area contributed by atoms with Gasteiger partial charge in [0, 0.05) is 16.8 Å². The number of carbonyl (C=O) groups is 2. The van der Waals surface area contributed by atoms with Gasteiger partial charge in [-0.1, -0.05) is 56.1 Å². The molecule has 3 aromatic rings. The number of anilines is 1. The fourth-order valence-electron chi connectivity index (χ4n) is 4.34. The lowest BCUT2D eigenvalue weighted by atomic mass is 9.84. The molecule has 36 heavy (non-hydrogen) atoms. The average molecular weight is 526 g/mol. The zero-order valence-electron chi connectivity index (χ0n) is 20.2. The predicted octanol–water partition coefficient (Wildman–Crippen LogP) is 6.63. The molecule has 1 amide bonds. The number of Topliss-reactive ketones (excluding diaryl/α,β-unsaturated/α-hetero) is 1. The number of rotatable bonds is 4. The monoisotopic (exact) mass is 525 g/mol. The molecular formula is C28H25Cl2NO5. The van der Waals surface area contributed by atoms with Crippen molar-refractivity contribution in [3.05, 3.63) is 93.0 Å². The lowest BCUT2D eigenvalue weighted by Crippen LogP contribution is -2.29. The van der Waals surface area contributed by atoms with E-state index >= 15 is 0 Å². The summed E-state index contributed by atoms with van der Waals surface area (Å²) in [4.78, 5) is 27.9. The van der Waals surface area contributed by atoms with Crippen LogP contribution in [-0.4, -0.2) is 29.0 Å². The molecule has 3 aromatic carbocycles. The van der Waals surface area contributed by atoms with E-state index in [9.17, 15) is 19.8 Å². The number of ketones is 1. The van der Waals surface area contributed by atoms with Gasteiger partial charge in [-0.15, -0.1) is 0 Å². The molecule has 2 N–H and O–H groups in total. The lowest BCUT2D eigenvalue weighted by Gasteiger charge is -2.26. The number of aliphatic hydroxyl groups excluding tert-OH is 1. The fraction of sp³-hybridized carbons (Fsp3) is 0.214. The lowest BCUT2D eigenvalue weighted by molar-refractivity contribution is -0.132. The second-order valence-electron chi connectivity index (χ2n) is 9.53. The van der Waals surface area contributed by atoms with E-state index in [4.69, 9.17) is 27.9 Å². The zero-order chi connectivity index (χ0) is 26.4. The first-order chi connectivity index (χ1) is 16.9. The van der Waals surface area contributed by atoms with Crippen molar-refractivity contribution in [2.75, 3.05) is 12.0 Å². The summed E-state index contributed by atoms with van der Waals surface area (Å²) in [7, 11) is 1.56. The Morgan fingerprint density at radius 3 is 2.31 bits per heavy atom. The Morgan fingerprint density at radius 2 is 1.69 bits per heavy atom. The number of benzene rings is 3. The van der Waals surface area contributed by atoms with Gasteiger partial charge in [-0.2, -0.15) is 0 Å². The second kappa shape index (κ2) is 9.52. The van der Waals surface area contributed by atoms with E-state index in [2.05, 4.69) is 0 Å². The van der Waals surface area contributed by atoms with Crippen molar-refractivity contribution in [1.82, 2.24) is 0 Å². The number of phenols is 1. The van der Waals surface area contributed by atoms with Crippen LogP contribution in [0, 0.1) is 0 Å². The molecule has 186 valence electrons. The summed E-state index contributed by atoms with van der Waals surface area (Å²) in [6, 6.07) is 14.9. The summed E-state index contributed by atoms with van der Waals surface area (Å²) < 4.78 is 5.49. The minimum atomic E-state index is -1.02. The first kappa shape index (κ1) is 25.6. The van der Waals surface area contributed by atoms with Gasteiger partial charge in [-0.25, -0.2) is 0 Å². The van der Waals surface area contributed by atoms with Crippen molar-refractivity contribution in [2.45, 2.75) is 32.2 Å². The molecule has 1 heterocycles. The Bertz CT molecular complexity index is 1410. The maximum Gasteiger partial charge on any atom is 0.300 e. The quantitative estimate of drug-likeness (QED) is 0.226. The first-order valence-electron chi connectivity index (χ1n) is 11.2. The zero-order valence-corrected chi connectivity index (χ0v) is 21.7. The fourth-order valence-corrected chi connectivity index (χ4v) is 4.63. The normalized spacial score (nSPS) is 17.5. The van der Waals surface area contributed by atoms with Crippen molar-refractivity contribution in [3.8, 4) is 11.5 Å². The maximum absolute atomic E-state index is 13.4. The molecule has 1 atom stereocenters. The van der Waals surface area contributed by atoms with E-state index < -0.39 is 17.7 Å². The first-order valence-corrected chi connectivity index (χ1v) is 11.9. The van der Waals surface area contributed by atoms with Crippen molar-refractivity contribution < 1.29 is 24.5 Å². The molecule has 6 nitrogen and oxygen atoms in total. The van der Waals surface area contributed by atoms with Gasteiger partial charge in [-0.05, 0) is 59.5 Å². The summed E-state index contributed by atoms with van der Waals surface area (Å²) >= 11 is 12.3. The van der Waals surface area contributed by atoms with Gasteiger partial charge in [0.1, 0.15) is 17.3 Å². The van der Waals surface area contributed by atoms with Gasteiger partial charge >= 0.3 is 0 Å². The molecule has 1 fully saturated rings. The molecule has 1 aliphatic rings. The highest BCUT2D eigenvalue weighted by atomic mass is 35.5. The van der Waals surface area contributed by atoms with Crippen molar-refractivity contribution in [2.24, 2.45) is 0 Å². The number of amides is 1. The van der Waals surface area contributed by atoms with E-state index in [0.29, 0.717) is 27.6 Å². The van der Waals surface area contributed by atoms with E-state index in [-0.39, 0.29) is 27.5 Å². The Balaban J connectivity index is 1.98. The van der Waals surface area contributed by atoms with Gasteiger partial charge < -0.3 is 14.9 Å². The van der Waals surface area contributed by atoms with E-state index in [1.165, 1.54) is 29.2 Å². The molecule has 1 saturated heterocycles. The topological polar surface area (TPSA) is 87.1 Å². The standard InChI is InChI=1S/C28H25Cl2NO5/c1-28(2,3)19-13-16(8-11-22(19)36-4)25(33)23-24(15-6-5-7-18(32)12-15)31(27(35)26(23)34)17-9-10-20(29)21(30)14-17/h5-14,24,32-33H,1-4H3/b25-23-. The SMILES string of the molecule is COc1ccc(/C(O)=C2/C(=O)C(=O)N(c3ccc(Cl)c(Cl)c3)C2c2cccc(O)c2)cc1C(C)(C)C. The highest BCUT2D eigenvalue weighted by Crippen LogP contribution is 2.44. The minimum Gasteiger partial charge on any atom is -0.508 e. The predicted molar refractivity (Wildman–Crippen MR) is 141 cm³/mol. The number of methoxy groups -OCH3 is 1. The number of phenolic OH excluding ortho intramolecular Hbond substituents is 1. The van der Waals surface area contributed by atoms with Gasteiger partial charge in [0.15, 0.2) is 0 Å². The van der Waals surface area contributed by atoms with E-state index in [1.807, 2.05) is 20.8 Å². The molecule has 0 aromatic heterocycles. The van der Waals surface area contributed by atoms with Crippen LogP contribution in [0.5, 0.6) is 11.5 Å². The molecule has 1 unspecified atom stereocenters. The molecule has 0 saturated carbocycles. The number of hydrogen-bond acceptors (Lipinski definition) is 5. The van der Waals surface area contributed by atoms with Gasteiger partial charge in [-0.3, -0.25) is 14.5 Å². The average Bonchev–Trinajstić information content (AvgIpc) is 3.10. The number of aliphatic hydroxyl groups is 1. The number of carbonyl (C=O) groups excluding carboxylic acids is 2. The van der Waals surface area contributed by atoms with Gasteiger partial charge in [0.2, 0.25) is 0 Å². The third-order valence-corrected chi connectivity index (χ3v) is 6.83. The van der Waals surface area contributed by atoms with Crippen LogP contribution in [0.1, 0.15) is 43.5 Å². The third kappa shape index (κ3) is 4.54. The minimum absolute atomic E-state index is 0.0494.